The fraction of sp³-hybridized carbons (Fsp3) is 0.250. The normalized spacial score (nSPS) is 17.1. The molecule has 8 nitrogen and oxygen atoms in total. The monoisotopic (exact) mass is 484 g/mol. The number of furan rings is 1. The number of carbonyl (C=O) groups excluding carboxylic acids is 2. The van der Waals surface area contributed by atoms with Crippen molar-refractivity contribution in [2.75, 3.05) is 7.11 Å². The molecule has 4 aromatic rings. The molecule has 1 aliphatic heterocycles. The van der Waals surface area contributed by atoms with Crippen molar-refractivity contribution in [2.24, 2.45) is 0 Å². The summed E-state index contributed by atoms with van der Waals surface area (Å²) in [5.74, 6) is 1.57. The maximum Gasteiger partial charge on any atom is 0.273 e. The Balaban J connectivity index is 1.48. The number of methoxy groups -OCH3 is 1. The minimum Gasteiger partial charge on any atom is -0.497 e. The lowest BCUT2D eigenvalue weighted by molar-refractivity contribution is -0.133. The molecule has 2 aromatic carbocycles. The predicted molar refractivity (Wildman–Crippen MR) is 134 cm³/mol. The van der Waals surface area contributed by atoms with Crippen molar-refractivity contribution < 1.29 is 18.7 Å². The van der Waals surface area contributed by atoms with Crippen LogP contribution in [0, 0.1) is 6.92 Å². The Labute approximate surface area is 209 Å². The Kier molecular flexibility index (Phi) is 6.10. The summed E-state index contributed by atoms with van der Waals surface area (Å²) < 4.78 is 12.6. The SMILES string of the molecule is COc1ccc(-c2cc3n(n2)C[C@@](C)(C(=O)NCc2ccccc2)N(Cc2ccc(C)o2)C3=O)cc1. The molecule has 1 N–H and O–H groups in total. The van der Waals surface area contributed by atoms with Gasteiger partial charge in [0, 0.05) is 12.1 Å². The van der Waals surface area contributed by atoms with E-state index < -0.39 is 5.54 Å². The van der Waals surface area contributed by atoms with Gasteiger partial charge in [0.25, 0.3) is 5.91 Å². The van der Waals surface area contributed by atoms with E-state index in [2.05, 4.69) is 5.32 Å². The number of benzene rings is 2. The number of fused-ring (bicyclic) bond motifs is 1. The predicted octanol–water partition coefficient (Wildman–Crippen LogP) is 4.19. The molecule has 0 unspecified atom stereocenters. The summed E-state index contributed by atoms with van der Waals surface area (Å²) in [6, 6.07) is 22.6. The van der Waals surface area contributed by atoms with Crippen LogP contribution in [-0.4, -0.2) is 39.1 Å². The molecule has 36 heavy (non-hydrogen) atoms. The Morgan fingerprint density at radius 1 is 1.11 bits per heavy atom. The molecule has 8 heteroatoms. The van der Waals surface area contributed by atoms with Crippen LogP contribution in [0.25, 0.3) is 11.3 Å². The summed E-state index contributed by atoms with van der Waals surface area (Å²) in [4.78, 5) is 29.0. The lowest BCUT2D eigenvalue weighted by atomic mass is 9.94. The Bertz CT molecular complexity index is 1390. The third kappa shape index (κ3) is 4.37. The zero-order valence-corrected chi connectivity index (χ0v) is 20.5. The van der Waals surface area contributed by atoms with Gasteiger partial charge < -0.3 is 19.4 Å². The molecule has 0 radical (unpaired) electrons. The summed E-state index contributed by atoms with van der Waals surface area (Å²) in [6.07, 6.45) is 0. The van der Waals surface area contributed by atoms with Gasteiger partial charge in [0.05, 0.1) is 25.9 Å². The average Bonchev–Trinajstić information content (AvgIpc) is 3.51. The first-order valence-electron chi connectivity index (χ1n) is 11.8. The summed E-state index contributed by atoms with van der Waals surface area (Å²) in [5, 5.41) is 7.71. The van der Waals surface area contributed by atoms with Crippen LogP contribution in [0.3, 0.4) is 0 Å². The van der Waals surface area contributed by atoms with Gasteiger partial charge in [0.15, 0.2) is 0 Å². The molecule has 184 valence electrons. The third-order valence-electron chi connectivity index (χ3n) is 6.58. The van der Waals surface area contributed by atoms with E-state index in [1.54, 1.807) is 29.7 Å². The summed E-state index contributed by atoms with van der Waals surface area (Å²) in [5.41, 5.74) is 1.74. The molecule has 2 amide bonds. The average molecular weight is 485 g/mol. The number of carbonyl (C=O) groups is 2. The van der Waals surface area contributed by atoms with Crippen molar-refractivity contribution in [1.29, 1.82) is 0 Å². The van der Waals surface area contributed by atoms with Crippen LogP contribution in [0.2, 0.25) is 0 Å². The number of aryl methyl sites for hydroxylation is 1. The molecule has 0 bridgehead atoms. The van der Waals surface area contributed by atoms with Crippen molar-refractivity contribution in [1.82, 2.24) is 20.0 Å². The second-order valence-electron chi connectivity index (χ2n) is 9.15. The van der Waals surface area contributed by atoms with Gasteiger partial charge in [-0.05, 0) is 61.9 Å². The zero-order chi connectivity index (χ0) is 25.3. The highest BCUT2D eigenvalue weighted by Crippen LogP contribution is 2.32. The second kappa shape index (κ2) is 9.37. The molecule has 1 aliphatic rings. The molecule has 3 heterocycles. The highest BCUT2D eigenvalue weighted by Gasteiger charge is 2.48. The number of nitrogens with zero attached hydrogens (tertiary/aromatic N) is 3. The molecule has 0 fully saturated rings. The quantitative estimate of drug-likeness (QED) is 0.425. The van der Waals surface area contributed by atoms with Gasteiger partial charge >= 0.3 is 0 Å². The van der Waals surface area contributed by atoms with E-state index in [9.17, 15) is 9.59 Å². The van der Waals surface area contributed by atoms with Crippen LogP contribution >= 0.6 is 0 Å². The molecular formula is C28H28N4O4. The van der Waals surface area contributed by atoms with Gasteiger partial charge in [0.1, 0.15) is 28.5 Å². The fourth-order valence-corrected chi connectivity index (χ4v) is 4.49. The number of hydrogen-bond donors (Lipinski definition) is 1. The number of amides is 2. The van der Waals surface area contributed by atoms with Crippen LogP contribution in [0.5, 0.6) is 5.75 Å². The molecule has 0 spiro atoms. The maximum absolute atomic E-state index is 13.8. The van der Waals surface area contributed by atoms with Crippen LogP contribution in [0.1, 0.15) is 34.5 Å². The summed E-state index contributed by atoms with van der Waals surface area (Å²) >= 11 is 0. The molecule has 0 saturated carbocycles. The molecule has 1 atom stereocenters. The highest BCUT2D eigenvalue weighted by molar-refractivity contribution is 6.00. The van der Waals surface area contributed by atoms with Gasteiger partial charge in [-0.3, -0.25) is 14.3 Å². The van der Waals surface area contributed by atoms with Crippen molar-refractivity contribution in [2.45, 2.75) is 39.0 Å². The van der Waals surface area contributed by atoms with Crippen LogP contribution in [0.4, 0.5) is 0 Å². The van der Waals surface area contributed by atoms with Crippen LogP contribution in [-0.2, 0) is 24.4 Å². The van der Waals surface area contributed by atoms with E-state index in [1.165, 1.54) is 0 Å². The number of hydrogen-bond acceptors (Lipinski definition) is 5. The van der Waals surface area contributed by atoms with E-state index >= 15 is 0 Å². The van der Waals surface area contributed by atoms with Gasteiger partial charge in [-0.2, -0.15) is 5.10 Å². The zero-order valence-electron chi connectivity index (χ0n) is 20.5. The number of rotatable bonds is 7. The molecule has 0 aliphatic carbocycles. The van der Waals surface area contributed by atoms with Gasteiger partial charge in [-0.15, -0.1) is 0 Å². The lowest BCUT2D eigenvalue weighted by Crippen LogP contribution is -2.63. The minimum absolute atomic E-state index is 0.172. The second-order valence-corrected chi connectivity index (χ2v) is 9.15. The van der Waals surface area contributed by atoms with Crippen molar-refractivity contribution in [3.05, 3.63) is 95.6 Å². The van der Waals surface area contributed by atoms with Crippen molar-refractivity contribution in [3.63, 3.8) is 0 Å². The van der Waals surface area contributed by atoms with Crippen molar-refractivity contribution >= 4 is 11.8 Å². The lowest BCUT2D eigenvalue weighted by Gasteiger charge is -2.42. The Morgan fingerprint density at radius 2 is 1.86 bits per heavy atom. The first-order valence-corrected chi connectivity index (χ1v) is 11.8. The third-order valence-corrected chi connectivity index (χ3v) is 6.58. The summed E-state index contributed by atoms with van der Waals surface area (Å²) in [6.45, 7) is 4.37. The molecule has 0 saturated heterocycles. The van der Waals surface area contributed by atoms with E-state index in [0.717, 1.165) is 22.6 Å². The van der Waals surface area contributed by atoms with E-state index in [1.807, 2.05) is 73.7 Å². The summed E-state index contributed by atoms with van der Waals surface area (Å²) in [7, 11) is 1.61. The number of aromatic nitrogens is 2. The van der Waals surface area contributed by atoms with Crippen molar-refractivity contribution in [3.8, 4) is 17.0 Å². The smallest absolute Gasteiger partial charge is 0.273 e. The highest BCUT2D eigenvalue weighted by atomic mass is 16.5. The van der Waals surface area contributed by atoms with Gasteiger partial charge in [-0.1, -0.05) is 30.3 Å². The molecule has 2 aromatic heterocycles. The first kappa shape index (κ1) is 23.4. The van der Waals surface area contributed by atoms with Crippen LogP contribution < -0.4 is 10.1 Å². The van der Waals surface area contributed by atoms with Crippen LogP contribution in [0.15, 0.2) is 77.2 Å². The van der Waals surface area contributed by atoms with Gasteiger partial charge in [0.2, 0.25) is 5.91 Å². The maximum atomic E-state index is 13.8. The van der Waals surface area contributed by atoms with E-state index in [0.29, 0.717) is 23.7 Å². The van der Waals surface area contributed by atoms with E-state index in [4.69, 9.17) is 14.3 Å². The fourth-order valence-electron chi connectivity index (χ4n) is 4.49. The topological polar surface area (TPSA) is 89.6 Å². The molecule has 5 rings (SSSR count). The largest absolute Gasteiger partial charge is 0.497 e. The number of nitrogens with one attached hydrogen (secondary N) is 1. The van der Waals surface area contributed by atoms with E-state index in [-0.39, 0.29) is 24.9 Å². The van der Waals surface area contributed by atoms with Gasteiger partial charge in [-0.25, -0.2) is 0 Å². The molecular weight excluding hydrogens is 456 g/mol. The first-order chi connectivity index (χ1) is 17.4. The standard InChI is InChI=1S/C28H28N4O4/c1-19-9-12-23(36-19)17-31-26(33)25-15-24(21-10-13-22(35-3)14-11-21)30-32(25)18-28(31,2)27(34)29-16-20-7-5-4-6-8-20/h4-15H,16-18H2,1-3H3,(H,29,34)/t28-/m0/s1. The Morgan fingerprint density at radius 3 is 2.53 bits per heavy atom. The Hall–Kier alpha value is -4.33. The minimum atomic E-state index is -1.18. The number of ether oxygens (including phenoxy) is 1.